The van der Waals surface area contributed by atoms with Crippen LogP contribution in [-0.2, 0) is 11.8 Å². The molecular formula is C13H15ClN2O2. The van der Waals surface area contributed by atoms with Gasteiger partial charge < -0.3 is 9.67 Å². The number of carboxylic acids is 1. The van der Waals surface area contributed by atoms with Crippen molar-refractivity contribution in [3.05, 3.63) is 29.0 Å². The molecular weight excluding hydrogens is 252 g/mol. The molecule has 0 aliphatic rings. The maximum Gasteiger partial charge on any atom is 0.306 e. The van der Waals surface area contributed by atoms with Gasteiger partial charge in [0.1, 0.15) is 5.82 Å². The van der Waals surface area contributed by atoms with Crippen LogP contribution in [0.4, 0.5) is 0 Å². The Hall–Kier alpha value is -1.55. The minimum Gasteiger partial charge on any atom is -0.481 e. The summed E-state index contributed by atoms with van der Waals surface area (Å²) >= 11 is 6.15. The van der Waals surface area contributed by atoms with E-state index in [1.54, 1.807) is 13.0 Å². The van der Waals surface area contributed by atoms with E-state index in [2.05, 4.69) is 4.98 Å². The number of imidazole rings is 1. The van der Waals surface area contributed by atoms with Crippen LogP contribution in [0.25, 0.3) is 11.0 Å². The zero-order valence-corrected chi connectivity index (χ0v) is 11.3. The fourth-order valence-electron chi connectivity index (χ4n) is 2.08. The number of nitrogens with zero attached hydrogens (tertiary/aromatic N) is 2. The topological polar surface area (TPSA) is 55.1 Å². The molecule has 2 unspecified atom stereocenters. The summed E-state index contributed by atoms with van der Waals surface area (Å²) in [6.07, 6.45) is 0. The van der Waals surface area contributed by atoms with Gasteiger partial charge in [0.05, 0.1) is 22.0 Å². The molecule has 18 heavy (non-hydrogen) atoms. The number of fused-ring (bicyclic) bond motifs is 1. The van der Waals surface area contributed by atoms with Gasteiger partial charge in [0.15, 0.2) is 0 Å². The van der Waals surface area contributed by atoms with E-state index in [1.165, 1.54) is 0 Å². The summed E-state index contributed by atoms with van der Waals surface area (Å²) in [5, 5.41) is 9.70. The maximum atomic E-state index is 11.0. The van der Waals surface area contributed by atoms with Crippen LogP contribution in [0.1, 0.15) is 25.6 Å². The zero-order valence-electron chi connectivity index (χ0n) is 10.5. The van der Waals surface area contributed by atoms with Gasteiger partial charge in [0.25, 0.3) is 0 Å². The molecule has 0 fully saturated rings. The van der Waals surface area contributed by atoms with E-state index in [9.17, 15) is 4.79 Å². The van der Waals surface area contributed by atoms with Crippen molar-refractivity contribution in [1.29, 1.82) is 0 Å². The zero-order chi connectivity index (χ0) is 13.4. The number of hydrogen-bond acceptors (Lipinski definition) is 2. The summed E-state index contributed by atoms with van der Waals surface area (Å²) in [6, 6.07) is 5.52. The van der Waals surface area contributed by atoms with Gasteiger partial charge in [0, 0.05) is 13.0 Å². The number of benzene rings is 1. The third-order valence-corrected chi connectivity index (χ3v) is 3.73. The number of halogens is 1. The van der Waals surface area contributed by atoms with Crippen molar-refractivity contribution in [2.24, 2.45) is 13.0 Å². The van der Waals surface area contributed by atoms with E-state index in [0.717, 1.165) is 16.9 Å². The second-order valence-electron chi connectivity index (χ2n) is 4.55. The van der Waals surface area contributed by atoms with E-state index in [4.69, 9.17) is 16.7 Å². The van der Waals surface area contributed by atoms with Crippen molar-refractivity contribution in [2.75, 3.05) is 0 Å². The van der Waals surface area contributed by atoms with Crippen LogP contribution in [0.5, 0.6) is 0 Å². The number of aliphatic carboxylic acids is 1. The predicted octanol–water partition coefficient (Wildman–Crippen LogP) is 3.05. The van der Waals surface area contributed by atoms with Crippen molar-refractivity contribution in [2.45, 2.75) is 19.8 Å². The van der Waals surface area contributed by atoms with E-state index >= 15 is 0 Å². The molecule has 2 rings (SSSR count). The lowest BCUT2D eigenvalue weighted by Gasteiger charge is -2.15. The molecule has 1 aromatic heterocycles. The highest BCUT2D eigenvalue weighted by Gasteiger charge is 2.25. The summed E-state index contributed by atoms with van der Waals surface area (Å²) in [4.78, 5) is 15.5. The largest absolute Gasteiger partial charge is 0.481 e. The number of para-hydroxylation sites is 1. The van der Waals surface area contributed by atoms with Crippen molar-refractivity contribution < 1.29 is 9.90 Å². The molecule has 1 heterocycles. The highest BCUT2D eigenvalue weighted by molar-refractivity contribution is 6.35. The lowest BCUT2D eigenvalue weighted by molar-refractivity contribution is -0.141. The van der Waals surface area contributed by atoms with Gasteiger partial charge in [-0.05, 0) is 12.1 Å². The van der Waals surface area contributed by atoms with Crippen molar-refractivity contribution in [3.63, 3.8) is 0 Å². The Balaban J connectivity index is 2.56. The Morgan fingerprint density at radius 3 is 2.67 bits per heavy atom. The number of aryl methyl sites for hydroxylation is 1. The Morgan fingerprint density at radius 2 is 2.11 bits per heavy atom. The molecule has 0 aliphatic carbocycles. The first kappa shape index (κ1) is 12.9. The number of carbonyl (C=O) groups is 1. The first-order valence-electron chi connectivity index (χ1n) is 5.77. The summed E-state index contributed by atoms with van der Waals surface area (Å²) in [7, 11) is 1.86. The second kappa shape index (κ2) is 4.61. The average molecular weight is 267 g/mol. The predicted molar refractivity (Wildman–Crippen MR) is 70.9 cm³/mol. The molecule has 0 aliphatic heterocycles. The summed E-state index contributed by atoms with van der Waals surface area (Å²) < 4.78 is 1.88. The van der Waals surface area contributed by atoms with E-state index < -0.39 is 11.9 Å². The van der Waals surface area contributed by atoms with Gasteiger partial charge in [-0.15, -0.1) is 0 Å². The van der Waals surface area contributed by atoms with E-state index in [-0.39, 0.29) is 5.92 Å². The average Bonchev–Trinajstić information content (AvgIpc) is 2.66. The van der Waals surface area contributed by atoms with Crippen LogP contribution >= 0.6 is 11.6 Å². The maximum absolute atomic E-state index is 11.0. The second-order valence-corrected chi connectivity index (χ2v) is 4.96. The fraction of sp³-hybridized carbons (Fsp3) is 0.385. The molecule has 0 spiro atoms. The lowest BCUT2D eigenvalue weighted by atomic mass is 9.95. The van der Waals surface area contributed by atoms with Crippen LogP contribution in [-0.4, -0.2) is 20.6 Å². The minimum atomic E-state index is -0.819. The summed E-state index contributed by atoms with van der Waals surface area (Å²) in [6.45, 7) is 3.56. The van der Waals surface area contributed by atoms with Crippen molar-refractivity contribution in [1.82, 2.24) is 9.55 Å². The SMILES string of the molecule is CC(C(=O)O)C(C)c1nc2cccc(Cl)c2n1C. The molecule has 0 bridgehead atoms. The van der Waals surface area contributed by atoms with Crippen LogP contribution in [0.2, 0.25) is 5.02 Å². The third-order valence-electron chi connectivity index (χ3n) is 3.43. The molecule has 2 atom stereocenters. The normalized spacial score (nSPS) is 14.7. The molecule has 5 heteroatoms. The van der Waals surface area contributed by atoms with E-state index in [0.29, 0.717) is 5.02 Å². The first-order valence-corrected chi connectivity index (χ1v) is 6.15. The molecule has 1 aromatic carbocycles. The van der Waals surface area contributed by atoms with Gasteiger partial charge in [-0.1, -0.05) is 31.5 Å². The molecule has 0 amide bonds. The van der Waals surface area contributed by atoms with Crippen molar-refractivity contribution >= 4 is 28.6 Å². The van der Waals surface area contributed by atoms with Gasteiger partial charge in [-0.2, -0.15) is 0 Å². The Labute approximate surface area is 110 Å². The summed E-state index contributed by atoms with van der Waals surface area (Å²) in [5.41, 5.74) is 1.64. The molecule has 96 valence electrons. The number of hydrogen-bond donors (Lipinski definition) is 1. The third kappa shape index (κ3) is 1.97. The molecule has 2 aromatic rings. The summed E-state index contributed by atoms with van der Waals surface area (Å²) in [5.74, 6) is -0.732. The monoisotopic (exact) mass is 266 g/mol. The molecule has 0 saturated carbocycles. The van der Waals surface area contributed by atoms with Crippen LogP contribution < -0.4 is 0 Å². The van der Waals surface area contributed by atoms with E-state index in [1.807, 2.05) is 30.7 Å². The Bertz CT molecular complexity index is 606. The van der Waals surface area contributed by atoms with Crippen molar-refractivity contribution in [3.8, 4) is 0 Å². The standard InChI is InChI=1S/C13H15ClN2O2/c1-7(8(2)13(17)18)12-15-10-6-4-5-9(14)11(10)16(12)3/h4-8H,1-3H3,(H,17,18). The van der Waals surface area contributed by atoms with Gasteiger partial charge >= 0.3 is 5.97 Å². The Morgan fingerprint density at radius 1 is 1.44 bits per heavy atom. The fourth-order valence-corrected chi connectivity index (χ4v) is 2.38. The quantitative estimate of drug-likeness (QED) is 0.929. The molecule has 4 nitrogen and oxygen atoms in total. The Kier molecular flexibility index (Phi) is 3.30. The molecule has 0 saturated heterocycles. The first-order chi connectivity index (χ1) is 8.43. The van der Waals surface area contributed by atoms with Crippen LogP contribution in [0.3, 0.4) is 0 Å². The smallest absolute Gasteiger partial charge is 0.306 e. The van der Waals surface area contributed by atoms with Crippen LogP contribution in [0, 0.1) is 5.92 Å². The number of rotatable bonds is 3. The number of aromatic nitrogens is 2. The lowest BCUT2D eigenvalue weighted by Crippen LogP contribution is -2.19. The highest BCUT2D eigenvalue weighted by atomic mass is 35.5. The minimum absolute atomic E-state index is 0.170. The molecule has 0 radical (unpaired) electrons. The number of carboxylic acid groups (broad SMARTS) is 1. The van der Waals surface area contributed by atoms with Gasteiger partial charge in [-0.25, -0.2) is 4.98 Å². The van der Waals surface area contributed by atoms with Gasteiger partial charge in [-0.3, -0.25) is 4.79 Å². The molecule has 1 N–H and O–H groups in total. The highest BCUT2D eigenvalue weighted by Crippen LogP contribution is 2.29. The van der Waals surface area contributed by atoms with Crippen LogP contribution in [0.15, 0.2) is 18.2 Å². The van der Waals surface area contributed by atoms with Gasteiger partial charge in [0.2, 0.25) is 0 Å².